The third-order valence-electron chi connectivity index (χ3n) is 3.55. The predicted octanol–water partition coefficient (Wildman–Crippen LogP) is 3.51. The van der Waals surface area contributed by atoms with Crippen molar-refractivity contribution in [2.75, 3.05) is 0 Å². The highest BCUT2D eigenvalue weighted by Crippen LogP contribution is 2.58. The Morgan fingerprint density at radius 1 is 1.33 bits per heavy atom. The van der Waals surface area contributed by atoms with Gasteiger partial charge in [-0.2, -0.15) is 0 Å². The molecule has 0 amide bonds. The Bertz CT molecular complexity index is 366. The molecule has 0 spiro atoms. The highest BCUT2D eigenvalue weighted by molar-refractivity contribution is 5.33. The first-order valence-corrected chi connectivity index (χ1v) is 5.41. The van der Waals surface area contributed by atoms with E-state index in [1.165, 1.54) is 5.56 Å². The van der Waals surface area contributed by atoms with E-state index < -0.39 is 0 Å². The lowest BCUT2D eigenvalue weighted by Gasteiger charge is -2.29. The second-order valence-corrected chi connectivity index (χ2v) is 4.79. The minimum absolute atomic E-state index is 0.0340. The van der Waals surface area contributed by atoms with Crippen LogP contribution in [0.15, 0.2) is 43.0 Å². The molecule has 15 heavy (non-hydrogen) atoms. The van der Waals surface area contributed by atoms with Gasteiger partial charge in [0.15, 0.2) is 0 Å². The van der Waals surface area contributed by atoms with Crippen LogP contribution in [0.5, 0.6) is 0 Å². The first kappa shape index (κ1) is 10.4. The third kappa shape index (κ3) is 1.34. The van der Waals surface area contributed by atoms with Crippen LogP contribution >= 0.6 is 0 Å². The summed E-state index contributed by atoms with van der Waals surface area (Å²) in [5.41, 5.74) is 1.05. The molecule has 1 saturated heterocycles. The van der Waals surface area contributed by atoms with Crippen molar-refractivity contribution in [3.8, 4) is 0 Å². The van der Waals surface area contributed by atoms with E-state index in [0.717, 1.165) is 0 Å². The van der Waals surface area contributed by atoms with Crippen molar-refractivity contribution in [1.29, 1.82) is 0 Å². The molecule has 1 heteroatoms. The van der Waals surface area contributed by atoms with E-state index in [9.17, 15) is 0 Å². The standard InChI is InChI=1S/C14H18O/c1-5-13(3,4)14(11(2)15-14)12-9-7-6-8-10-12/h5-11H,1H2,2-4H3. The van der Waals surface area contributed by atoms with E-state index in [1.807, 2.05) is 12.1 Å². The Labute approximate surface area is 91.8 Å². The fourth-order valence-corrected chi connectivity index (χ4v) is 2.43. The molecule has 0 bridgehead atoms. The molecular weight excluding hydrogens is 184 g/mol. The van der Waals surface area contributed by atoms with Gasteiger partial charge in [-0.25, -0.2) is 0 Å². The van der Waals surface area contributed by atoms with Gasteiger partial charge in [-0.1, -0.05) is 50.3 Å². The number of rotatable bonds is 3. The molecule has 1 aromatic carbocycles. The maximum atomic E-state index is 5.87. The first-order valence-electron chi connectivity index (χ1n) is 5.41. The first-order chi connectivity index (χ1) is 7.04. The van der Waals surface area contributed by atoms with Crippen molar-refractivity contribution in [3.05, 3.63) is 48.6 Å². The van der Waals surface area contributed by atoms with Crippen molar-refractivity contribution in [2.24, 2.45) is 5.41 Å². The Balaban J connectivity index is 2.45. The van der Waals surface area contributed by atoms with E-state index in [4.69, 9.17) is 4.74 Å². The number of hydrogen-bond donors (Lipinski definition) is 0. The molecule has 1 aromatic rings. The van der Waals surface area contributed by atoms with Gasteiger partial charge < -0.3 is 4.74 Å². The number of benzene rings is 1. The summed E-state index contributed by atoms with van der Waals surface area (Å²) in [6, 6.07) is 10.4. The molecule has 2 atom stereocenters. The van der Waals surface area contributed by atoms with Crippen LogP contribution in [0, 0.1) is 5.41 Å². The van der Waals surface area contributed by atoms with Crippen LogP contribution in [0.2, 0.25) is 0 Å². The maximum Gasteiger partial charge on any atom is 0.128 e. The van der Waals surface area contributed by atoms with Crippen LogP contribution in [0.3, 0.4) is 0 Å². The van der Waals surface area contributed by atoms with E-state index in [1.54, 1.807) is 0 Å². The Hall–Kier alpha value is -1.08. The zero-order chi connectivity index (χ0) is 11.1. The lowest BCUT2D eigenvalue weighted by atomic mass is 9.73. The Kier molecular flexibility index (Phi) is 2.23. The van der Waals surface area contributed by atoms with Crippen LogP contribution < -0.4 is 0 Å². The molecule has 1 aliphatic heterocycles. The maximum absolute atomic E-state index is 5.87. The smallest absolute Gasteiger partial charge is 0.128 e. The van der Waals surface area contributed by atoms with Crippen molar-refractivity contribution in [2.45, 2.75) is 32.5 Å². The Morgan fingerprint density at radius 2 is 1.87 bits per heavy atom. The van der Waals surface area contributed by atoms with Gasteiger partial charge in [-0.3, -0.25) is 0 Å². The number of epoxide rings is 1. The second kappa shape index (κ2) is 3.21. The average Bonchev–Trinajstić information content (AvgIpc) is 2.93. The molecule has 0 aliphatic carbocycles. The zero-order valence-electron chi connectivity index (χ0n) is 9.66. The molecule has 2 rings (SSSR count). The zero-order valence-corrected chi connectivity index (χ0v) is 9.66. The SMILES string of the molecule is C=CC(C)(C)C1(c2ccccc2)OC1C. The molecule has 1 fully saturated rings. The molecule has 1 aliphatic rings. The van der Waals surface area contributed by atoms with Crippen molar-refractivity contribution in [1.82, 2.24) is 0 Å². The van der Waals surface area contributed by atoms with E-state index >= 15 is 0 Å². The van der Waals surface area contributed by atoms with Gasteiger partial charge in [0, 0.05) is 5.41 Å². The summed E-state index contributed by atoms with van der Waals surface area (Å²) in [6.07, 6.45) is 2.26. The van der Waals surface area contributed by atoms with Crippen molar-refractivity contribution >= 4 is 0 Å². The molecule has 1 nitrogen and oxygen atoms in total. The summed E-state index contributed by atoms with van der Waals surface area (Å²) in [5.74, 6) is 0. The summed E-state index contributed by atoms with van der Waals surface area (Å²) in [7, 11) is 0. The molecule has 80 valence electrons. The summed E-state index contributed by atoms with van der Waals surface area (Å²) in [5, 5.41) is 0. The summed E-state index contributed by atoms with van der Waals surface area (Å²) in [4.78, 5) is 0. The number of ether oxygens (including phenoxy) is 1. The molecule has 0 aromatic heterocycles. The molecule has 0 N–H and O–H groups in total. The quantitative estimate of drug-likeness (QED) is 0.539. The fraction of sp³-hybridized carbons (Fsp3) is 0.429. The average molecular weight is 202 g/mol. The van der Waals surface area contributed by atoms with Gasteiger partial charge in [0.1, 0.15) is 5.60 Å². The van der Waals surface area contributed by atoms with Gasteiger partial charge in [0.25, 0.3) is 0 Å². The fourth-order valence-electron chi connectivity index (χ4n) is 2.43. The third-order valence-corrected chi connectivity index (χ3v) is 3.55. The van der Waals surface area contributed by atoms with E-state index in [-0.39, 0.29) is 17.1 Å². The topological polar surface area (TPSA) is 12.5 Å². The lowest BCUT2D eigenvalue weighted by Crippen LogP contribution is -2.30. The van der Waals surface area contributed by atoms with Crippen molar-refractivity contribution in [3.63, 3.8) is 0 Å². The van der Waals surface area contributed by atoms with E-state index in [0.29, 0.717) is 0 Å². The van der Waals surface area contributed by atoms with Crippen molar-refractivity contribution < 1.29 is 4.74 Å². The van der Waals surface area contributed by atoms with Crippen LogP contribution in [0.4, 0.5) is 0 Å². The van der Waals surface area contributed by atoms with Gasteiger partial charge in [-0.15, -0.1) is 6.58 Å². The monoisotopic (exact) mass is 202 g/mol. The lowest BCUT2D eigenvalue weighted by molar-refractivity contribution is 0.182. The second-order valence-electron chi connectivity index (χ2n) is 4.79. The Morgan fingerprint density at radius 3 is 2.27 bits per heavy atom. The summed E-state index contributed by atoms with van der Waals surface area (Å²) in [6.45, 7) is 10.4. The largest absolute Gasteiger partial charge is 0.360 e. The van der Waals surface area contributed by atoms with Gasteiger partial charge in [0.2, 0.25) is 0 Å². The highest BCUT2D eigenvalue weighted by Gasteiger charge is 2.62. The predicted molar refractivity (Wildman–Crippen MR) is 62.6 cm³/mol. The van der Waals surface area contributed by atoms with Gasteiger partial charge >= 0.3 is 0 Å². The highest BCUT2D eigenvalue weighted by atomic mass is 16.6. The van der Waals surface area contributed by atoms with Gasteiger partial charge in [-0.05, 0) is 12.5 Å². The molecule has 0 saturated carbocycles. The van der Waals surface area contributed by atoms with Crippen LogP contribution in [0.25, 0.3) is 0 Å². The minimum atomic E-state index is -0.171. The molecular formula is C14H18O. The van der Waals surface area contributed by atoms with Gasteiger partial charge in [0.05, 0.1) is 6.10 Å². The number of hydrogen-bond acceptors (Lipinski definition) is 1. The summed E-state index contributed by atoms with van der Waals surface area (Å²) < 4.78 is 5.87. The van der Waals surface area contributed by atoms with Crippen LogP contribution in [-0.2, 0) is 10.3 Å². The van der Waals surface area contributed by atoms with E-state index in [2.05, 4.69) is 51.6 Å². The van der Waals surface area contributed by atoms with Crippen LogP contribution in [0.1, 0.15) is 26.3 Å². The summed E-state index contributed by atoms with van der Waals surface area (Å²) >= 11 is 0. The molecule has 2 unspecified atom stereocenters. The molecule has 0 radical (unpaired) electrons. The van der Waals surface area contributed by atoms with Crippen LogP contribution in [-0.4, -0.2) is 6.10 Å². The normalized spacial score (nSPS) is 29.9. The molecule has 1 heterocycles. The minimum Gasteiger partial charge on any atom is -0.360 e.